The summed E-state index contributed by atoms with van der Waals surface area (Å²) in [6.45, 7) is 5.49. The van der Waals surface area contributed by atoms with E-state index in [-0.39, 0.29) is 5.91 Å². The normalized spacial score (nSPS) is 11.2. The number of amides is 1. The van der Waals surface area contributed by atoms with Crippen molar-refractivity contribution in [1.29, 1.82) is 0 Å². The third-order valence-corrected chi connectivity index (χ3v) is 0.939. The number of hydrogen-bond donors (Lipinski definition) is 2. The van der Waals surface area contributed by atoms with Gasteiger partial charge >= 0.3 is 0 Å². The molecule has 0 aliphatic carbocycles. The molecule has 0 aromatic carbocycles. The smallest absolute Gasteiger partial charge is 0.221 e. The summed E-state index contributed by atoms with van der Waals surface area (Å²) in [4.78, 5) is 10.9. The predicted octanol–water partition coefficient (Wildman–Crippen LogP) is 0.598. The summed E-state index contributed by atoms with van der Waals surface area (Å²) < 4.78 is 0. The van der Waals surface area contributed by atoms with Crippen LogP contribution in [0.4, 0.5) is 0 Å². The average Bonchev–Trinajstić information content (AvgIpc) is 1.59. The number of nitrogens with two attached hydrogens (primary N) is 1. The molecule has 0 spiro atoms. The Morgan fingerprint density at radius 3 is 2.40 bits per heavy atom. The highest BCUT2D eigenvalue weighted by Gasteiger charge is 2.12. The molecule has 0 aromatic heterocycles. The van der Waals surface area contributed by atoms with E-state index >= 15 is 0 Å². The van der Waals surface area contributed by atoms with Gasteiger partial charge in [-0.15, -0.1) is 0 Å². The van der Waals surface area contributed by atoms with Crippen molar-refractivity contribution in [3.8, 4) is 0 Å². The van der Waals surface area contributed by atoms with E-state index in [2.05, 4.69) is 5.32 Å². The van der Waals surface area contributed by atoms with Crippen LogP contribution in [-0.2, 0) is 4.79 Å². The standard InChI is InChI=1S/C7H16N2O/c1-4-5-6(10)9-7(2,3)8/h4-5,8H2,1-3H3,(H,9,10). The van der Waals surface area contributed by atoms with Crippen LogP contribution < -0.4 is 11.1 Å². The topological polar surface area (TPSA) is 55.1 Å². The molecule has 10 heavy (non-hydrogen) atoms. The minimum absolute atomic E-state index is 0.0231. The van der Waals surface area contributed by atoms with E-state index in [1.165, 1.54) is 0 Å². The van der Waals surface area contributed by atoms with Gasteiger partial charge in [-0.1, -0.05) is 6.92 Å². The molecule has 0 heterocycles. The third kappa shape index (κ3) is 5.56. The van der Waals surface area contributed by atoms with Crippen molar-refractivity contribution in [2.75, 3.05) is 0 Å². The first-order chi connectivity index (χ1) is 4.45. The summed E-state index contributed by atoms with van der Waals surface area (Å²) in [5.74, 6) is 0.0231. The van der Waals surface area contributed by atoms with E-state index in [0.717, 1.165) is 6.42 Å². The molecule has 0 rings (SSSR count). The van der Waals surface area contributed by atoms with Crippen molar-refractivity contribution in [2.24, 2.45) is 5.73 Å². The highest BCUT2D eigenvalue weighted by atomic mass is 16.1. The minimum Gasteiger partial charge on any atom is -0.339 e. The second-order valence-electron chi connectivity index (χ2n) is 3.02. The maximum absolute atomic E-state index is 10.9. The van der Waals surface area contributed by atoms with Crippen molar-refractivity contribution < 1.29 is 4.79 Å². The first kappa shape index (κ1) is 9.43. The number of nitrogens with one attached hydrogen (secondary N) is 1. The van der Waals surface area contributed by atoms with Gasteiger partial charge in [0.1, 0.15) is 0 Å². The van der Waals surface area contributed by atoms with Crippen molar-refractivity contribution in [1.82, 2.24) is 5.32 Å². The quantitative estimate of drug-likeness (QED) is 0.570. The number of rotatable bonds is 3. The lowest BCUT2D eigenvalue weighted by atomic mass is 10.2. The van der Waals surface area contributed by atoms with E-state index < -0.39 is 5.66 Å². The number of carbonyl (C=O) groups excluding carboxylic acids is 1. The fraction of sp³-hybridized carbons (Fsp3) is 0.857. The zero-order chi connectivity index (χ0) is 8.20. The Morgan fingerprint density at radius 2 is 2.10 bits per heavy atom. The zero-order valence-corrected chi connectivity index (χ0v) is 6.90. The van der Waals surface area contributed by atoms with Crippen LogP contribution in [0.5, 0.6) is 0 Å². The fourth-order valence-electron chi connectivity index (χ4n) is 0.649. The zero-order valence-electron chi connectivity index (χ0n) is 6.90. The molecule has 0 aromatic rings. The molecule has 0 aliphatic rings. The Balaban J connectivity index is 3.58. The molecule has 1 amide bonds. The molecule has 0 fully saturated rings. The number of hydrogen-bond acceptors (Lipinski definition) is 2. The van der Waals surface area contributed by atoms with Gasteiger partial charge in [-0.2, -0.15) is 0 Å². The molecule has 0 radical (unpaired) electrons. The van der Waals surface area contributed by atoms with E-state index in [1.807, 2.05) is 6.92 Å². The molecule has 0 saturated carbocycles. The van der Waals surface area contributed by atoms with Crippen molar-refractivity contribution in [2.45, 2.75) is 39.3 Å². The maximum atomic E-state index is 10.9. The van der Waals surface area contributed by atoms with E-state index in [9.17, 15) is 4.79 Å². The first-order valence-corrected chi connectivity index (χ1v) is 3.55. The fourth-order valence-corrected chi connectivity index (χ4v) is 0.649. The van der Waals surface area contributed by atoms with E-state index in [1.54, 1.807) is 13.8 Å². The maximum Gasteiger partial charge on any atom is 0.221 e. The Hall–Kier alpha value is -0.570. The minimum atomic E-state index is -0.577. The molecule has 3 nitrogen and oxygen atoms in total. The van der Waals surface area contributed by atoms with Crippen LogP contribution in [0.3, 0.4) is 0 Å². The Kier molecular flexibility index (Phi) is 3.36. The van der Waals surface area contributed by atoms with Gasteiger partial charge in [-0.05, 0) is 20.3 Å². The van der Waals surface area contributed by atoms with Gasteiger partial charge in [0.2, 0.25) is 5.91 Å². The Labute approximate surface area is 62.0 Å². The van der Waals surface area contributed by atoms with Crippen LogP contribution in [0.2, 0.25) is 0 Å². The van der Waals surface area contributed by atoms with Gasteiger partial charge in [0.15, 0.2) is 0 Å². The molecule has 0 atom stereocenters. The van der Waals surface area contributed by atoms with Gasteiger partial charge in [-0.25, -0.2) is 0 Å². The summed E-state index contributed by atoms with van der Waals surface area (Å²) in [6.07, 6.45) is 1.42. The third-order valence-electron chi connectivity index (χ3n) is 0.939. The Bertz CT molecular complexity index is 115. The lowest BCUT2D eigenvalue weighted by Crippen LogP contribution is -2.50. The Morgan fingerprint density at radius 1 is 1.60 bits per heavy atom. The van der Waals surface area contributed by atoms with Crippen LogP contribution in [0.25, 0.3) is 0 Å². The summed E-state index contributed by atoms with van der Waals surface area (Å²) in [6, 6.07) is 0. The predicted molar refractivity (Wildman–Crippen MR) is 41.3 cm³/mol. The monoisotopic (exact) mass is 144 g/mol. The van der Waals surface area contributed by atoms with E-state index in [4.69, 9.17) is 5.73 Å². The van der Waals surface area contributed by atoms with Gasteiger partial charge in [0.25, 0.3) is 0 Å². The van der Waals surface area contributed by atoms with Crippen molar-refractivity contribution in [3.05, 3.63) is 0 Å². The van der Waals surface area contributed by atoms with Crippen molar-refractivity contribution in [3.63, 3.8) is 0 Å². The van der Waals surface area contributed by atoms with Gasteiger partial charge in [-0.3, -0.25) is 4.79 Å². The second kappa shape index (κ2) is 3.56. The molecule has 3 heteroatoms. The molecule has 3 N–H and O–H groups in total. The molecule has 0 saturated heterocycles. The molecule has 60 valence electrons. The van der Waals surface area contributed by atoms with Crippen LogP contribution in [0.15, 0.2) is 0 Å². The lowest BCUT2D eigenvalue weighted by Gasteiger charge is -2.20. The first-order valence-electron chi connectivity index (χ1n) is 3.55. The van der Waals surface area contributed by atoms with Crippen LogP contribution in [-0.4, -0.2) is 11.6 Å². The van der Waals surface area contributed by atoms with Crippen LogP contribution >= 0.6 is 0 Å². The summed E-state index contributed by atoms with van der Waals surface area (Å²) >= 11 is 0. The van der Waals surface area contributed by atoms with E-state index in [0.29, 0.717) is 6.42 Å². The summed E-state index contributed by atoms with van der Waals surface area (Å²) in [5.41, 5.74) is 4.96. The van der Waals surface area contributed by atoms with Gasteiger partial charge < -0.3 is 11.1 Å². The molecular weight excluding hydrogens is 128 g/mol. The molecule has 0 bridgehead atoms. The molecule has 0 unspecified atom stereocenters. The van der Waals surface area contributed by atoms with Gasteiger partial charge in [0.05, 0.1) is 5.66 Å². The van der Waals surface area contributed by atoms with Gasteiger partial charge in [0, 0.05) is 6.42 Å². The second-order valence-corrected chi connectivity index (χ2v) is 3.02. The molecular formula is C7H16N2O. The lowest BCUT2D eigenvalue weighted by molar-refractivity contribution is -0.122. The van der Waals surface area contributed by atoms with Crippen LogP contribution in [0, 0.1) is 0 Å². The largest absolute Gasteiger partial charge is 0.339 e. The van der Waals surface area contributed by atoms with Crippen molar-refractivity contribution >= 4 is 5.91 Å². The highest BCUT2D eigenvalue weighted by molar-refractivity contribution is 5.76. The SMILES string of the molecule is CCCC(=O)NC(C)(C)N. The highest BCUT2D eigenvalue weighted by Crippen LogP contribution is 1.92. The summed E-state index contributed by atoms with van der Waals surface area (Å²) in [5, 5.41) is 2.66. The average molecular weight is 144 g/mol. The van der Waals surface area contributed by atoms with Crippen LogP contribution in [0.1, 0.15) is 33.6 Å². The number of carbonyl (C=O) groups is 1. The molecule has 0 aliphatic heterocycles. The summed E-state index contributed by atoms with van der Waals surface area (Å²) in [7, 11) is 0.